The van der Waals surface area contributed by atoms with E-state index in [9.17, 15) is 0 Å². The molecule has 0 unspecified atom stereocenters. The number of anilines is 3. The molecule has 1 aromatic rings. The molecular formula is C9H15N5O. The number of ether oxygens (including phenoxy) is 1. The van der Waals surface area contributed by atoms with E-state index >= 15 is 0 Å². The second-order valence-corrected chi connectivity index (χ2v) is 3.32. The number of nitrogens with one attached hydrogen (secondary N) is 1. The number of nitrogens with two attached hydrogens (primary N) is 1. The third-order valence-electron chi connectivity index (χ3n) is 2.32. The van der Waals surface area contributed by atoms with E-state index in [1.807, 2.05) is 13.1 Å². The quantitative estimate of drug-likeness (QED) is 0.710. The predicted octanol–water partition coefficient (Wildman–Crippen LogP) is -0.0629. The van der Waals surface area contributed by atoms with Gasteiger partial charge in [0, 0.05) is 26.2 Å². The first-order valence-electron chi connectivity index (χ1n) is 4.94. The summed E-state index contributed by atoms with van der Waals surface area (Å²) in [6.07, 6.45) is 0. The first-order chi connectivity index (χ1) is 7.29. The molecule has 0 atom stereocenters. The number of rotatable bonds is 2. The molecule has 2 heterocycles. The van der Waals surface area contributed by atoms with E-state index in [2.05, 4.69) is 20.2 Å². The van der Waals surface area contributed by atoms with Crippen LogP contribution >= 0.6 is 0 Å². The number of hydrogen-bond donors (Lipinski definition) is 2. The Morgan fingerprint density at radius 3 is 2.80 bits per heavy atom. The van der Waals surface area contributed by atoms with E-state index in [1.165, 1.54) is 0 Å². The van der Waals surface area contributed by atoms with Crippen LogP contribution < -0.4 is 16.0 Å². The van der Waals surface area contributed by atoms with E-state index in [0.29, 0.717) is 5.95 Å². The van der Waals surface area contributed by atoms with Gasteiger partial charge in [0.05, 0.1) is 13.2 Å². The molecule has 1 aliphatic rings. The van der Waals surface area contributed by atoms with Crippen molar-refractivity contribution in [3.63, 3.8) is 0 Å². The molecule has 0 spiro atoms. The van der Waals surface area contributed by atoms with Crippen molar-refractivity contribution in [2.75, 3.05) is 49.3 Å². The Balaban J connectivity index is 2.22. The maximum absolute atomic E-state index is 5.62. The first-order valence-corrected chi connectivity index (χ1v) is 4.94. The standard InChI is InChI=1S/C9H15N5O/c1-11-7-6-8(13-9(10)12-7)14-2-4-15-5-3-14/h6H,2-5H2,1H3,(H3,10,11,12,13). The van der Waals surface area contributed by atoms with Crippen LogP contribution in [0.3, 0.4) is 0 Å². The summed E-state index contributed by atoms with van der Waals surface area (Å²) in [5.74, 6) is 1.89. The van der Waals surface area contributed by atoms with Gasteiger partial charge in [-0.05, 0) is 0 Å². The molecule has 15 heavy (non-hydrogen) atoms. The zero-order valence-corrected chi connectivity index (χ0v) is 8.73. The summed E-state index contributed by atoms with van der Waals surface area (Å²) in [5.41, 5.74) is 5.62. The van der Waals surface area contributed by atoms with Gasteiger partial charge in [0.15, 0.2) is 0 Å². The fourth-order valence-corrected chi connectivity index (χ4v) is 1.54. The number of nitrogen functional groups attached to an aromatic ring is 1. The second-order valence-electron chi connectivity index (χ2n) is 3.32. The van der Waals surface area contributed by atoms with Gasteiger partial charge in [0.2, 0.25) is 5.95 Å². The lowest BCUT2D eigenvalue weighted by atomic mass is 10.4. The molecule has 0 radical (unpaired) electrons. The molecule has 6 heteroatoms. The third-order valence-corrected chi connectivity index (χ3v) is 2.32. The third kappa shape index (κ3) is 2.27. The molecule has 82 valence electrons. The van der Waals surface area contributed by atoms with Crippen molar-refractivity contribution >= 4 is 17.6 Å². The number of nitrogens with zero attached hydrogens (tertiary/aromatic N) is 3. The molecule has 6 nitrogen and oxygen atoms in total. The summed E-state index contributed by atoms with van der Waals surface area (Å²) in [5, 5.41) is 2.96. The summed E-state index contributed by atoms with van der Waals surface area (Å²) in [6.45, 7) is 3.16. The SMILES string of the molecule is CNc1cc(N2CCOCC2)nc(N)n1. The molecule has 1 aliphatic heterocycles. The Kier molecular flexibility index (Phi) is 2.86. The monoisotopic (exact) mass is 209 g/mol. The average molecular weight is 209 g/mol. The lowest BCUT2D eigenvalue weighted by molar-refractivity contribution is 0.122. The highest BCUT2D eigenvalue weighted by Gasteiger charge is 2.13. The van der Waals surface area contributed by atoms with Gasteiger partial charge >= 0.3 is 0 Å². The summed E-state index contributed by atoms with van der Waals surface area (Å²) in [6, 6.07) is 1.89. The van der Waals surface area contributed by atoms with Gasteiger partial charge in [-0.15, -0.1) is 0 Å². The lowest BCUT2D eigenvalue weighted by Gasteiger charge is -2.27. The van der Waals surface area contributed by atoms with Crippen molar-refractivity contribution in [2.24, 2.45) is 0 Å². The van der Waals surface area contributed by atoms with Crippen LogP contribution in [0.1, 0.15) is 0 Å². The molecule has 1 saturated heterocycles. The predicted molar refractivity (Wildman–Crippen MR) is 59.0 cm³/mol. The zero-order valence-electron chi connectivity index (χ0n) is 8.73. The Morgan fingerprint density at radius 1 is 1.40 bits per heavy atom. The highest BCUT2D eigenvalue weighted by atomic mass is 16.5. The minimum Gasteiger partial charge on any atom is -0.378 e. The van der Waals surface area contributed by atoms with Crippen molar-refractivity contribution in [3.05, 3.63) is 6.07 Å². The van der Waals surface area contributed by atoms with Crippen molar-refractivity contribution in [3.8, 4) is 0 Å². The molecule has 0 saturated carbocycles. The smallest absolute Gasteiger partial charge is 0.223 e. The average Bonchev–Trinajstić information content (AvgIpc) is 2.29. The summed E-state index contributed by atoms with van der Waals surface area (Å²) in [7, 11) is 1.81. The van der Waals surface area contributed by atoms with Gasteiger partial charge < -0.3 is 20.7 Å². The van der Waals surface area contributed by atoms with Crippen molar-refractivity contribution in [1.29, 1.82) is 0 Å². The molecule has 1 fully saturated rings. The van der Waals surface area contributed by atoms with E-state index in [4.69, 9.17) is 10.5 Å². The van der Waals surface area contributed by atoms with Crippen LogP contribution in [0.25, 0.3) is 0 Å². The molecule has 0 amide bonds. The lowest BCUT2D eigenvalue weighted by Crippen LogP contribution is -2.36. The van der Waals surface area contributed by atoms with E-state index in [1.54, 1.807) is 0 Å². The fourth-order valence-electron chi connectivity index (χ4n) is 1.54. The molecule has 2 rings (SSSR count). The summed E-state index contributed by atoms with van der Waals surface area (Å²) < 4.78 is 5.28. The molecule has 0 bridgehead atoms. The topological polar surface area (TPSA) is 76.3 Å². The summed E-state index contributed by atoms with van der Waals surface area (Å²) >= 11 is 0. The van der Waals surface area contributed by atoms with Crippen LogP contribution in [0, 0.1) is 0 Å². The number of morpholine rings is 1. The zero-order chi connectivity index (χ0) is 10.7. The molecule has 0 aromatic carbocycles. The van der Waals surface area contributed by atoms with Crippen molar-refractivity contribution < 1.29 is 4.74 Å². The van der Waals surface area contributed by atoms with Crippen LogP contribution in [0.2, 0.25) is 0 Å². The second kappa shape index (κ2) is 4.31. The van der Waals surface area contributed by atoms with Crippen LogP contribution in [-0.2, 0) is 4.74 Å². The van der Waals surface area contributed by atoms with Gasteiger partial charge in [0.1, 0.15) is 11.6 Å². The maximum atomic E-state index is 5.62. The molecular weight excluding hydrogens is 194 g/mol. The van der Waals surface area contributed by atoms with Crippen LogP contribution in [0.5, 0.6) is 0 Å². The van der Waals surface area contributed by atoms with Crippen molar-refractivity contribution in [1.82, 2.24) is 9.97 Å². The molecule has 3 N–H and O–H groups in total. The van der Waals surface area contributed by atoms with E-state index in [-0.39, 0.29) is 0 Å². The van der Waals surface area contributed by atoms with Crippen LogP contribution in [-0.4, -0.2) is 43.3 Å². The first kappa shape index (κ1) is 9.97. The van der Waals surface area contributed by atoms with Gasteiger partial charge in [-0.25, -0.2) is 0 Å². The molecule has 0 aliphatic carbocycles. The minimum atomic E-state index is 0.295. The van der Waals surface area contributed by atoms with Gasteiger partial charge in [-0.1, -0.05) is 0 Å². The van der Waals surface area contributed by atoms with Crippen molar-refractivity contribution in [2.45, 2.75) is 0 Å². The highest BCUT2D eigenvalue weighted by Crippen LogP contribution is 2.17. The highest BCUT2D eigenvalue weighted by molar-refractivity contribution is 5.52. The maximum Gasteiger partial charge on any atom is 0.223 e. The largest absolute Gasteiger partial charge is 0.378 e. The Hall–Kier alpha value is -1.56. The Bertz CT molecular complexity index is 337. The fraction of sp³-hybridized carbons (Fsp3) is 0.556. The van der Waals surface area contributed by atoms with Gasteiger partial charge in [-0.3, -0.25) is 0 Å². The molecule has 1 aromatic heterocycles. The van der Waals surface area contributed by atoms with Crippen LogP contribution in [0.4, 0.5) is 17.6 Å². The summed E-state index contributed by atoms with van der Waals surface area (Å²) in [4.78, 5) is 10.4. The number of hydrogen-bond acceptors (Lipinski definition) is 6. The number of aromatic nitrogens is 2. The van der Waals surface area contributed by atoms with E-state index < -0.39 is 0 Å². The normalized spacial score (nSPS) is 16.5. The Labute approximate surface area is 88.5 Å². The Morgan fingerprint density at radius 2 is 2.13 bits per heavy atom. The van der Waals surface area contributed by atoms with Gasteiger partial charge in [0.25, 0.3) is 0 Å². The van der Waals surface area contributed by atoms with E-state index in [0.717, 1.165) is 37.9 Å². The minimum absolute atomic E-state index is 0.295. The van der Waals surface area contributed by atoms with Gasteiger partial charge in [-0.2, -0.15) is 9.97 Å². The van der Waals surface area contributed by atoms with Crippen LogP contribution in [0.15, 0.2) is 6.07 Å².